The molecule has 1 atom stereocenters. The number of aliphatic hydroxyl groups is 1. The molecule has 0 radical (unpaired) electrons. The number of hydrogen-bond donors (Lipinski definition) is 2. The van der Waals surface area contributed by atoms with Gasteiger partial charge in [0.05, 0.1) is 16.6 Å². The Morgan fingerprint density at radius 2 is 1.60 bits per heavy atom. The van der Waals surface area contributed by atoms with Crippen LogP contribution in [0.25, 0.3) is 11.0 Å². The lowest BCUT2D eigenvalue weighted by Crippen LogP contribution is -2.55. The summed E-state index contributed by atoms with van der Waals surface area (Å²) in [6, 6.07) is 3.29. The number of imidazole rings is 1. The van der Waals surface area contributed by atoms with E-state index < -0.39 is 40.7 Å². The fraction of sp³-hybridized carbons (Fsp3) is 0.550. The van der Waals surface area contributed by atoms with Crippen molar-refractivity contribution in [2.75, 3.05) is 0 Å². The van der Waals surface area contributed by atoms with Crippen LogP contribution in [0.3, 0.4) is 0 Å². The van der Waals surface area contributed by atoms with Gasteiger partial charge >= 0.3 is 17.9 Å². The zero-order chi connectivity index (χ0) is 23.1. The van der Waals surface area contributed by atoms with Crippen LogP contribution in [0.2, 0.25) is 0 Å². The Balaban J connectivity index is 2.51. The number of carbonyl (C=O) groups is 2. The molecule has 0 aliphatic rings. The van der Waals surface area contributed by atoms with Gasteiger partial charge in [0.15, 0.2) is 0 Å². The summed E-state index contributed by atoms with van der Waals surface area (Å²) in [5.74, 6) is -2.10. The summed E-state index contributed by atoms with van der Waals surface area (Å²) < 4.78 is 41.1. The molecule has 1 heterocycles. The highest BCUT2D eigenvalue weighted by Crippen LogP contribution is 2.28. The standard InChI is InChI=1S/C20H26F3N3O4/c1-18(2,3)14(15(27)20(21,22)23)24-16(28)26-13-9-7-6-8-12(13)25(17(26)29)11-10-19(4,5)30/h6-9,14,30H,10-11H2,1-5H3,(H,24,28)/t14-/m1/s1. The average Bonchev–Trinajstić information content (AvgIpc) is 2.86. The maximum absolute atomic E-state index is 13.0. The van der Waals surface area contributed by atoms with Crippen LogP contribution in [0.1, 0.15) is 41.0 Å². The van der Waals surface area contributed by atoms with Crippen LogP contribution in [0.5, 0.6) is 0 Å². The second kappa shape index (κ2) is 7.90. The van der Waals surface area contributed by atoms with Crippen molar-refractivity contribution in [1.29, 1.82) is 0 Å². The molecule has 2 aromatic rings. The lowest BCUT2D eigenvalue weighted by Gasteiger charge is -2.30. The van der Waals surface area contributed by atoms with Gasteiger partial charge in [0.2, 0.25) is 0 Å². The summed E-state index contributed by atoms with van der Waals surface area (Å²) >= 11 is 0. The van der Waals surface area contributed by atoms with Gasteiger partial charge in [0, 0.05) is 6.54 Å². The summed E-state index contributed by atoms with van der Waals surface area (Å²) in [6.07, 6.45) is -4.93. The lowest BCUT2D eigenvalue weighted by molar-refractivity contribution is -0.175. The Kier molecular flexibility index (Phi) is 6.23. The van der Waals surface area contributed by atoms with Gasteiger partial charge < -0.3 is 10.4 Å². The maximum atomic E-state index is 13.0. The smallest absolute Gasteiger partial charge is 0.390 e. The summed E-state index contributed by atoms with van der Waals surface area (Å²) in [4.78, 5) is 37.7. The van der Waals surface area contributed by atoms with E-state index in [9.17, 15) is 32.7 Å². The second-order valence-electron chi connectivity index (χ2n) is 8.93. The van der Waals surface area contributed by atoms with Crippen LogP contribution in [-0.4, -0.2) is 43.9 Å². The molecule has 0 bridgehead atoms. The van der Waals surface area contributed by atoms with Crippen LogP contribution in [0.15, 0.2) is 29.1 Å². The number of ketones is 1. The lowest BCUT2D eigenvalue weighted by atomic mass is 9.84. The number of Topliss-reactive ketones (excluding diaryl/α,β-unsaturated/α-hetero) is 1. The van der Waals surface area contributed by atoms with Crippen LogP contribution in [0.4, 0.5) is 18.0 Å². The Hall–Kier alpha value is -2.62. The van der Waals surface area contributed by atoms with Crippen molar-refractivity contribution >= 4 is 22.8 Å². The number of para-hydroxylation sites is 2. The Bertz CT molecular complexity index is 1010. The number of aryl methyl sites for hydroxylation is 1. The van der Waals surface area contributed by atoms with Gasteiger partial charge in [-0.15, -0.1) is 0 Å². The van der Waals surface area contributed by atoms with E-state index in [2.05, 4.69) is 5.32 Å². The second-order valence-corrected chi connectivity index (χ2v) is 8.93. The summed E-state index contributed by atoms with van der Waals surface area (Å²) in [7, 11) is 0. The molecule has 0 aliphatic carbocycles. The average molecular weight is 429 g/mol. The zero-order valence-electron chi connectivity index (χ0n) is 17.5. The number of carbonyl (C=O) groups excluding carboxylic acids is 2. The summed E-state index contributed by atoms with van der Waals surface area (Å²) in [5.41, 5.74) is -2.52. The molecule has 30 heavy (non-hydrogen) atoms. The quantitative estimate of drug-likeness (QED) is 0.764. The number of halogens is 3. The fourth-order valence-corrected chi connectivity index (χ4v) is 3.03. The van der Waals surface area contributed by atoms with Crippen LogP contribution >= 0.6 is 0 Å². The molecule has 2 N–H and O–H groups in total. The highest BCUT2D eigenvalue weighted by molar-refractivity contribution is 5.95. The van der Waals surface area contributed by atoms with Gasteiger partial charge in [-0.3, -0.25) is 9.36 Å². The van der Waals surface area contributed by atoms with Gasteiger partial charge in [-0.25, -0.2) is 14.2 Å². The highest BCUT2D eigenvalue weighted by atomic mass is 19.4. The molecule has 0 aliphatic heterocycles. The number of nitrogens with zero attached hydrogens (tertiary/aromatic N) is 2. The fourth-order valence-electron chi connectivity index (χ4n) is 3.03. The SMILES string of the molecule is CC(C)(O)CCn1c(=O)n(C(=O)N[C@H](C(=O)C(F)(F)F)C(C)(C)C)c2ccccc21. The molecule has 1 aromatic carbocycles. The van der Waals surface area contributed by atoms with Gasteiger partial charge in [0.25, 0.3) is 5.78 Å². The first-order chi connectivity index (χ1) is 13.5. The topological polar surface area (TPSA) is 93.3 Å². The summed E-state index contributed by atoms with van der Waals surface area (Å²) in [6.45, 7) is 7.39. The molecular weight excluding hydrogens is 403 g/mol. The van der Waals surface area contributed by atoms with E-state index in [1.54, 1.807) is 32.0 Å². The molecule has 0 saturated heterocycles. The Morgan fingerprint density at radius 3 is 2.07 bits per heavy atom. The van der Waals surface area contributed by atoms with Gasteiger partial charge in [0.1, 0.15) is 6.04 Å². The van der Waals surface area contributed by atoms with Crippen molar-refractivity contribution in [2.45, 2.75) is 65.4 Å². The minimum Gasteiger partial charge on any atom is -0.390 e. The molecule has 10 heteroatoms. The molecule has 0 saturated carbocycles. The van der Waals surface area contributed by atoms with E-state index in [0.29, 0.717) is 10.1 Å². The first kappa shape index (κ1) is 23.7. The monoisotopic (exact) mass is 429 g/mol. The number of benzene rings is 1. The van der Waals surface area contributed by atoms with Gasteiger partial charge in [-0.2, -0.15) is 13.2 Å². The predicted molar refractivity (Wildman–Crippen MR) is 105 cm³/mol. The molecule has 0 unspecified atom stereocenters. The normalized spacial score (nSPS) is 14.0. The largest absolute Gasteiger partial charge is 0.452 e. The van der Waals surface area contributed by atoms with Crippen molar-refractivity contribution < 1.29 is 27.9 Å². The van der Waals surface area contributed by atoms with Crippen molar-refractivity contribution in [3.05, 3.63) is 34.7 Å². The number of alkyl halides is 3. The van der Waals surface area contributed by atoms with E-state index in [0.717, 1.165) is 0 Å². The number of amides is 1. The Labute approximate surface area is 171 Å². The number of nitrogens with one attached hydrogen (secondary N) is 1. The third-order valence-corrected chi connectivity index (χ3v) is 4.66. The van der Waals surface area contributed by atoms with E-state index in [4.69, 9.17) is 0 Å². The molecular formula is C20H26F3N3O4. The van der Waals surface area contributed by atoms with Gasteiger partial charge in [-0.05, 0) is 37.8 Å². The molecule has 0 spiro atoms. The van der Waals surface area contributed by atoms with Crippen molar-refractivity contribution in [3.63, 3.8) is 0 Å². The number of fused-ring (bicyclic) bond motifs is 1. The van der Waals surface area contributed by atoms with Crippen molar-refractivity contribution in [3.8, 4) is 0 Å². The zero-order valence-corrected chi connectivity index (χ0v) is 17.5. The molecule has 166 valence electrons. The van der Waals surface area contributed by atoms with Crippen LogP contribution < -0.4 is 11.0 Å². The molecule has 1 amide bonds. The number of hydrogen-bond acceptors (Lipinski definition) is 4. The van der Waals surface area contributed by atoms with E-state index >= 15 is 0 Å². The minimum absolute atomic E-state index is 0.0906. The summed E-state index contributed by atoms with van der Waals surface area (Å²) in [5, 5.41) is 12.0. The molecule has 0 fully saturated rings. The first-order valence-electron chi connectivity index (χ1n) is 9.38. The third kappa shape index (κ3) is 5.10. The molecule has 1 aromatic heterocycles. The van der Waals surface area contributed by atoms with Crippen LogP contribution in [-0.2, 0) is 11.3 Å². The van der Waals surface area contributed by atoms with Crippen molar-refractivity contribution in [1.82, 2.24) is 14.5 Å². The Morgan fingerprint density at radius 1 is 1.07 bits per heavy atom. The number of rotatable bonds is 5. The van der Waals surface area contributed by atoms with E-state index in [1.165, 1.54) is 31.4 Å². The predicted octanol–water partition coefficient (Wildman–Crippen LogP) is 3.07. The minimum atomic E-state index is -5.14. The highest BCUT2D eigenvalue weighted by Gasteiger charge is 2.48. The van der Waals surface area contributed by atoms with E-state index in [1.807, 2.05) is 0 Å². The van der Waals surface area contributed by atoms with Crippen molar-refractivity contribution in [2.24, 2.45) is 5.41 Å². The maximum Gasteiger partial charge on any atom is 0.452 e. The van der Waals surface area contributed by atoms with E-state index in [-0.39, 0.29) is 18.5 Å². The third-order valence-electron chi connectivity index (χ3n) is 4.66. The van der Waals surface area contributed by atoms with Crippen LogP contribution in [0, 0.1) is 5.41 Å². The number of aromatic nitrogens is 2. The van der Waals surface area contributed by atoms with Gasteiger partial charge in [-0.1, -0.05) is 32.9 Å². The molecule has 7 nitrogen and oxygen atoms in total. The first-order valence-corrected chi connectivity index (χ1v) is 9.38. The molecule has 2 rings (SSSR count).